The van der Waals surface area contributed by atoms with Crippen molar-refractivity contribution in [3.8, 4) is 5.75 Å². The fourth-order valence-corrected chi connectivity index (χ4v) is 3.18. The van der Waals surface area contributed by atoms with Gasteiger partial charge >= 0.3 is 0 Å². The summed E-state index contributed by atoms with van der Waals surface area (Å²) in [5.74, 6) is 0.847. The number of methoxy groups -OCH3 is 1. The number of likely N-dealkylation sites (N-methyl/N-ethyl adjacent to an activating group) is 1. The Morgan fingerprint density at radius 2 is 1.92 bits per heavy atom. The highest BCUT2D eigenvalue weighted by molar-refractivity contribution is 5.85. The first-order chi connectivity index (χ1) is 11.5. The topological polar surface area (TPSA) is 76.8 Å². The van der Waals surface area contributed by atoms with E-state index in [-0.39, 0.29) is 36.8 Å². The van der Waals surface area contributed by atoms with Gasteiger partial charge < -0.3 is 25.4 Å². The predicted molar refractivity (Wildman–Crippen MR) is 108 cm³/mol. The molecule has 0 saturated carbocycles. The fourth-order valence-electron chi connectivity index (χ4n) is 3.18. The van der Waals surface area contributed by atoms with E-state index in [1.807, 2.05) is 38.4 Å². The van der Waals surface area contributed by atoms with Gasteiger partial charge in [0.2, 0.25) is 5.91 Å². The van der Waals surface area contributed by atoms with E-state index < -0.39 is 5.41 Å². The molecule has 1 aliphatic heterocycles. The van der Waals surface area contributed by atoms with Gasteiger partial charge in [-0.2, -0.15) is 0 Å². The van der Waals surface area contributed by atoms with Gasteiger partial charge in [-0.25, -0.2) is 0 Å². The molecule has 0 bridgehead atoms. The largest absolute Gasteiger partial charge is 0.496 e. The summed E-state index contributed by atoms with van der Waals surface area (Å²) in [6, 6.07) is 7.92. The number of rotatable bonds is 7. The zero-order chi connectivity index (χ0) is 17.6. The van der Waals surface area contributed by atoms with E-state index in [2.05, 4.69) is 10.2 Å². The average molecular weight is 408 g/mol. The number of nitrogens with one attached hydrogen (secondary N) is 1. The molecule has 6 nitrogen and oxygen atoms in total. The van der Waals surface area contributed by atoms with Crippen LogP contribution in [0.15, 0.2) is 24.3 Å². The molecule has 1 aliphatic rings. The molecule has 2 rings (SSSR count). The van der Waals surface area contributed by atoms with Crippen LogP contribution < -0.4 is 15.8 Å². The summed E-state index contributed by atoms with van der Waals surface area (Å²) in [4.78, 5) is 14.8. The van der Waals surface area contributed by atoms with E-state index in [4.69, 9.17) is 15.2 Å². The molecule has 1 unspecified atom stereocenters. The number of amides is 1. The van der Waals surface area contributed by atoms with Gasteiger partial charge in [0.15, 0.2) is 0 Å². The number of ether oxygens (including phenoxy) is 2. The van der Waals surface area contributed by atoms with Crippen LogP contribution in [-0.2, 0) is 9.53 Å². The Hall–Kier alpha value is -1.05. The standard InChI is InChI=1S/C18H29N3O3.2ClH/c1-21(2)15(14-6-4-5-7-16(14)23-3)12-20-17(22)18(13-19)8-10-24-11-9-18;;/h4-7,15H,8-13,19H2,1-3H3,(H,20,22);2*1H. The van der Waals surface area contributed by atoms with Crippen LogP contribution in [-0.4, -0.2) is 58.3 Å². The highest BCUT2D eigenvalue weighted by atomic mass is 35.5. The molecule has 0 radical (unpaired) electrons. The summed E-state index contributed by atoms with van der Waals surface area (Å²) in [6.07, 6.45) is 1.35. The Balaban J connectivity index is 0.00000312. The molecule has 26 heavy (non-hydrogen) atoms. The first kappa shape index (κ1) is 24.9. The average Bonchev–Trinajstić information content (AvgIpc) is 2.62. The van der Waals surface area contributed by atoms with Crippen LogP contribution in [0.3, 0.4) is 0 Å². The Morgan fingerprint density at radius 3 is 2.46 bits per heavy atom. The molecule has 1 aromatic carbocycles. The molecule has 0 aliphatic carbocycles. The van der Waals surface area contributed by atoms with Gasteiger partial charge in [-0.1, -0.05) is 18.2 Å². The van der Waals surface area contributed by atoms with Crippen LogP contribution in [0.4, 0.5) is 0 Å². The van der Waals surface area contributed by atoms with Gasteiger partial charge in [-0.15, -0.1) is 24.8 Å². The Morgan fingerprint density at radius 1 is 1.31 bits per heavy atom. The van der Waals surface area contributed by atoms with Crippen molar-refractivity contribution in [2.45, 2.75) is 18.9 Å². The maximum atomic E-state index is 12.8. The van der Waals surface area contributed by atoms with E-state index in [0.717, 1.165) is 11.3 Å². The van der Waals surface area contributed by atoms with Crippen molar-refractivity contribution in [1.29, 1.82) is 0 Å². The summed E-state index contributed by atoms with van der Waals surface area (Å²) in [5.41, 5.74) is 6.47. The number of nitrogens with two attached hydrogens (primary N) is 1. The first-order valence-corrected chi connectivity index (χ1v) is 8.39. The third kappa shape index (κ3) is 5.72. The van der Waals surface area contributed by atoms with Crippen LogP contribution in [0, 0.1) is 5.41 Å². The molecule has 150 valence electrons. The molecule has 1 saturated heterocycles. The van der Waals surface area contributed by atoms with Crippen molar-refractivity contribution in [2.75, 3.05) is 47.5 Å². The lowest BCUT2D eigenvalue weighted by Crippen LogP contribution is -2.50. The molecule has 1 amide bonds. The molecule has 1 aromatic rings. The molecule has 1 atom stereocenters. The third-order valence-electron chi connectivity index (χ3n) is 4.90. The Bertz CT molecular complexity index is 552. The van der Waals surface area contributed by atoms with E-state index in [1.54, 1.807) is 7.11 Å². The molecule has 1 fully saturated rings. The molecule has 8 heteroatoms. The molecule has 1 heterocycles. The number of nitrogens with zero attached hydrogens (tertiary/aromatic N) is 1. The molecule has 0 aromatic heterocycles. The van der Waals surface area contributed by atoms with Crippen molar-refractivity contribution in [2.24, 2.45) is 11.1 Å². The second-order valence-electron chi connectivity index (χ2n) is 6.53. The lowest BCUT2D eigenvalue weighted by atomic mass is 9.79. The second-order valence-corrected chi connectivity index (χ2v) is 6.53. The van der Waals surface area contributed by atoms with Crippen molar-refractivity contribution in [1.82, 2.24) is 10.2 Å². The number of benzene rings is 1. The smallest absolute Gasteiger partial charge is 0.227 e. The summed E-state index contributed by atoms with van der Waals surface area (Å²) in [7, 11) is 5.66. The summed E-state index contributed by atoms with van der Waals surface area (Å²) >= 11 is 0. The van der Waals surface area contributed by atoms with Gasteiger partial charge in [0, 0.05) is 31.9 Å². The molecular weight excluding hydrogens is 377 g/mol. The zero-order valence-electron chi connectivity index (χ0n) is 15.7. The minimum absolute atomic E-state index is 0. The van der Waals surface area contributed by atoms with Crippen LogP contribution >= 0.6 is 24.8 Å². The number of hydrogen-bond acceptors (Lipinski definition) is 5. The quantitative estimate of drug-likeness (QED) is 0.722. The summed E-state index contributed by atoms with van der Waals surface area (Å²) in [6.45, 7) is 2.04. The molecule has 3 N–H and O–H groups in total. The SMILES string of the molecule is COc1ccccc1C(CNC(=O)C1(CN)CCOCC1)N(C)C.Cl.Cl. The lowest BCUT2D eigenvalue weighted by Gasteiger charge is -2.35. The highest BCUT2D eigenvalue weighted by Gasteiger charge is 2.39. The van der Waals surface area contributed by atoms with Gasteiger partial charge in [-0.05, 0) is 33.0 Å². The Labute approximate surface area is 168 Å². The predicted octanol–water partition coefficient (Wildman–Crippen LogP) is 2.01. The number of carbonyl (C=O) groups is 1. The lowest BCUT2D eigenvalue weighted by molar-refractivity contribution is -0.136. The van der Waals surface area contributed by atoms with Crippen molar-refractivity contribution in [3.05, 3.63) is 29.8 Å². The number of halogens is 2. The maximum absolute atomic E-state index is 12.8. The third-order valence-corrected chi connectivity index (χ3v) is 4.90. The first-order valence-electron chi connectivity index (χ1n) is 8.39. The van der Waals surface area contributed by atoms with Crippen molar-refractivity contribution < 1.29 is 14.3 Å². The summed E-state index contributed by atoms with van der Waals surface area (Å²) in [5, 5.41) is 3.10. The van der Waals surface area contributed by atoms with Crippen molar-refractivity contribution in [3.63, 3.8) is 0 Å². The van der Waals surface area contributed by atoms with E-state index in [0.29, 0.717) is 39.1 Å². The normalized spacial score (nSPS) is 16.8. The number of hydrogen-bond donors (Lipinski definition) is 2. The molecular formula is C18H31Cl2N3O3. The monoisotopic (exact) mass is 407 g/mol. The van der Waals surface area contributed by atoms with E-state index in [1.165, 1.54) is 0 Å². The van der Waals surface area contributed by atoms with Crippen LogP contribution in [0.2, 0.25) is 0 Å². The van der Waals surface area contributed by atoms with E-state index in [9.17, 15) is 4.79 Å². The van der Waals surface area contributed by atoms with E-state index >= 15 is 0 Å². The van der Waals surface area contributed by atoms with Gasteiger partial charge in [0.1, 0.15) is 5.75 Å². The highest BCUT2D eigenvalue weighted by Crippen LogP contribution is 2.31. The number of para-hydroxylation sites is 1. The van der Waals surface area contributed by atoms with Crippen LogP contribution in [0.25, 0.3) is 0 Å². The maximum Gasteiger partial charge on any atom is 0.227 e. The zero-order valence-corrected chi connectivity index (χ0v) is 17.3. The van der Waals surface area contributed by atoms with Crippen molar-refractivity contribution >= 4 is 30.7 Å². The van der Waals surface area contributed by atoms with Gasteiger partial charge in [-0.3, -0.25) is 4.79 Å². The van der Waals surface area contributed by atoms with Gasteiger partial charge in [0.25, 0.3) is 0 Å². The van der Waals surface area contributed by atoms with Gasteiger partial charge in [0.05, 0.1) is 18.6 Å². The fraction of sp³-hybridized carbons (Fsp3) is 0.611. The van der Waals surface area contributed by atoms with Crippen LogP contribution in [0.1, 0.15) is 24.4 Å². The van der Waals surface area contributed by atoms with Crippen LogP contribution in [0.5, 0.6) is 5.75 Å². The second kappa shape index (κ2) is 11.6. The minimum atomic E-state index is -0.504. The Kier molecular flexibility index (Phi) is 11.1. The summed E-state index contributed by atoms with van der Waals surface area (Å²) < 4.78 is 10.8. The number of carbonyl (C=O) groups excluding carboxylic acids is 1. The minimum Gasteiger partial charge on any atom is -0.496 e. The molecule has 0 spiro atoms.